The van der Waals surface area contributed by atoms with Gasteiger partial charge in [-0.2, -0.15) is 0 Å². The quantitative estimate of drug-likeness (QED) is 0.571. The van der Waals surface area contributed by atoms with Crippen LogP contribution in [0.25, 0.3) is 0 Å². The Kier molecular flexibility index (Phi) is 9.59. The second-order valence-electron chi connectivity index (χ2n) is 4.08. The highest BCUT2D eigenvalue weighted by molar-refractivity contribution is 5.69. The molecule has 0 saturated carbocycles. The number of hydrogen-bond donors (Lipinski definition) is 1. The first kappa shape index (κ1) is 14.4. The second-order valence-corrected chi connectivity index (χ2v) is 4.08. The third kappa shape index (κ3) is 9.73. The van der Waals surface area contributed by atoms with E-state index in [0.29, 0.717) is 13.2 Å². The van der Waals surface area contributed by atoms with E-state index in [2.05, 4.69) is 6.92 Å². The average Bonchev–Trinajstić information content (AvgIpc) is 2.21. The molecule has 0 saturated heterocycles. The highest BCUT2D eigenvalue weighted by atomic mass is 16.5. The maximum absolute atomic E-state index is 10.5. The molecule has 0 fully saturated rings. The van der Waals surface area contributed by atoms with Gasteiger partial charge < -0.3 is 9.84 Å². The topological polar surface area (TPSA) is 46.5 Å². The molecule has 15 heavy (non-hydrogen) atoms. The lowest BCUT2D eigenvalue weighted by Crippen LogP contribution is -2.16. The Labute approximate surface area is 92.8 Å². The fourth-order valence-corrected chi connectivity index (χ4v) is 1.32. The van der Waals surface area contributed by atoms with Gasteiger partial charge in [-0.3, -0.25) is 4.79 Å². The van der Waals surface area contributed by atoms with Crippen molar-refractivity contribution < 1.29 is 14.6 Å². The van der Waals surface area contributed by atoms with E-state index >= 15 is 0 Å². The van der Waals surface area contributed by atoms with Crippen LogP contribution in [0.2, 0.25) is 0 Å². The molecule has 0 amide bonds. The average molecular weight is 216 g/mol. The molecule has 0 aromatic rings. The number of rotatable bonds is 10. The molecule has 0 radical (unpaired) electrons. The molecule has 0 bridgehead atoms. The minimum absolute atomic E-state index is 0.338. The molecule has 0 spiro atoms. The first-order chi connectivity index (χ1) is 7.18. The van der Waals surface area contributed by atoms with Gasteiger partial charge in [-0.1, -0.05) is 39.0 Å². The van der Waals surface area contributed by atoms with Crippen molar-refractivity contribution >= 4 is 5.97 Å². The number of carboxylic acid groups (broad SMARTS) is 1. The zero-order valence-corrected chi connectivity index (χ0v) is 10.00. The Morgan fingerprint density at radius 3 is 2.40 bits per heavy atom. The summed E-state index contributed by atoms with van der Waals surface area (Å²) in [6.45, 7) is 4.91. The number of aliphatic carboxylic acids is 1. The molecule has 0 heterocycles. The minimum Gasteiger partial charge on any atom is -0.481 e. The Hall–Kier alpha value is -0.570. The summed E-state index contributed by atoms with van der Waals surface area (Å²) in [6, 6.07) is 0. The lowest BCUT2D eigenvalue weighted by Gasteiger charge is -2.07. The summed E-state index contributed by atoms with van der Waals surface area (Å²) in [5.41, 5.74) is 0. The fourth-order valence-electron chi connectivity index (χ4n) is 1.32. The van der Waals surface area contributed by atoms with Crippen molar-refractivity contribution in [2.45, 2.75) is 52.4 Å². The smallest absolute Gasteiger partial charge is 0.308 e. The zero-order valence-electron chi connectivity index (χ0n) is 10.00. The highest BCUT2D eigenvalue weighted by Gasteiger charge is 2.09. The molecule has 90 valence electrons. The van der Waals surface area contributed by atoms with Crippen LogP contribution >= 0.6 is 0 Å². The van der Waals surface area contributed by atoms with Crippen molar-refractivity contribution in [3.63, 3.8) is 0 Å². The summed E-state index contributed by atoms with van der Waals surface area (Å²) in [7, 11) is 0. The number of hydrogen-bond acceptors (Lipinski definition) is 2. The van der Waals surface area contributed by atoms with E-state index in [-0.39, 0.29) is 5.92 Å². The predicted molar refractivity (Wildman–Crippen MR) is 61.0 cm³/mol. The number of ether oxygens (including phenoxy) is 1. The molecular formula is C12H24O3. The molecule has 0 aliphatic heterocycles. The molecule has 0 aliphatic carbocycles. The summed E-state index contributed by atoms with van der Waals surface area (Å²) >= 11 is 0. The van der Waals surface area contributed by atoms with Crippen molar-refractivity contribution in [2.24, 2.45) is 5.92 Å². The van der Waals surface area contributed by atoms with Crippen LogP contribution in [0, 0.1) is 5.92 Å². The maximum Gasteiger partial charge on any atom is 0.308 e. The minimum atomic E-state index is -0.780. The number of carboxylic acids is 1. The van der Waals surface area contributed by atoms with Gasteiger partial charge in [0, 0.05) is 6.61 Å². The highest BCUT2D eigenvalue weighted by Crippen LogP contribution is 2.05. The van der Waals surface area contributed by atoms with E-state index in [1.165, 1.54) is 32.1 Å². The van der Waals surface area contributed by atoms with E-state index in [0.717, 1.165) is 6.42 Å². The SMILES string of the molecule is CCCCCCCCOCC(C)C(=O)O. The second kappa shape index (κ2) is 9.97. The molecule has 0 aliphatic rings. The van der Waals surface area contributed by atoms with Crippen molar-refractivity contribution in [1.29, 1.82) is 0 Å². The third-order valence-corrected chi connectivity index (χ3v) is 2.43. The standard InChI is InChI=1S/C12H24O3/c1-3-4-5-6-7-8-9-15-10-11(2)12(13)14/h11H,3-10H2,1-2H3,(H,13,14). The van der Waals surface area contributed by atoms with E-state index in [4.69, 9.17) is 9.84 Å². The van der Waals surface area contributed by atoms with Crippen LogP contribution in [-0.4, -0.2) is 24.3 Å². The van der Waals surface area contributed by atoms with Crippen LogP contribution in [0.5, 0.6) is 0 Å². The monoisotopic (exact) mass is 216 g/mol. The van der Waals surface area contributed by atoms with E-state index in [9.17, 15) is 4.79 Å². The van der Waals surface area contributed by atoms with E-state index < -0.39 is 5.97 Å². The summed E-state index contributed by atoms with van der Waals surface area (Å²) in [5.74, 6) is -1.16. The molecule has 0 aromatic heterocycles. The van der Waals surface area contributed by atoms with E-state index in [1.807, 2.05) is 0 Å². The number of carbonyl (C=O) groups is 1. The van der Waals surface area contributed by atoms with Gasteiger partial charge in [-0.25, -0.2) is 0 Å². The summed E-state index contributed by atoms with van der Waals surface area (Å²) in [4.78, 5) is 10.5. The van der Waals surface area contributed by atoms with Gasteiger partial charge >= 0.3 is 5.97 Å². The molecule has 1 atom stereocenters. The van der Waals surface area contributed by atoms with Crippen molar-refractivity contribution in [3.8, 4) is 0 Å². The molecule has 0 aromatic carbocycles. The summed E-state index contributed by atoms with van der Waals surface area (Å²) in [5, 5.41) is 8.60. The molecule has 1 N–H and O–H groups in total. The van der Waals surface area contributed by atoms with Crippen LogP contribution in [0.4, 0.5) is 0 Å². The maximum atomic E-state index is 10.5. The van der Waals surface area contributed by atoms with Gasteiger partial charge in [-0.15, -0.1) is 0 Å². The van der Waals surface area contributed by atoms with Gasteiger partial charge in [0.05, 0.1) is 12.5 Å². The molecule has 0 rings (SSSR count). The molecule has 1 unspecified atom stereocenters. The Bertz CT molecular complexity index is 157. The lowest BCUT2D eigenvalue weighted by atomic mass is 10.1. The van der Waals surface area contributed by atoms with Crippen LogP contribution in [-0.2, 0) is 9.53 Å². The Morgan fingerprint density at radius 2 is 1.80 bits per heavy atom. The zero-order chi connectivity index (χ0) is 11.5. The first-order valence-electron chi connectivity index (χ1n) is 5.99. The van der Waals surface area contributed by atoms with Crippen molar-refractivity contribution in [3.05, 3.63) is 0 Å². The molecule has 3 heteroatoms. The molecular weight excluding hydrogens is 192 g/mol. The lowest BCUT2D eigenvalue weighted by molar-refractivity contribution is -0.143. The summed E-state index contributed by atoms with van der Waals surface area (Å²) < 4.78 is 5.28. The van der Waals surface area contributed by atoms with Crippen LogP contribution < -0.4 is 0 Å². The van der Waals surface area contributed by atoms with Crippen LogP contribution in [0.15, 0.2) is 0 Å². The van der Waals surface area contributed by atoms with Crippen molar-refractivity contribution in [2.75, 3.05) is 13.2 Å². The first-order valence-corrected chi connectivity index (χ1v) is 5.99. The Balaban J connectivity index is 3.08. The predicted octanol–water partition coefficient (Wildman–Crippen LogP) is 3.08. The van der Waals surface area contributed by atoms with E-state index in [1.54, 1.807) is 6.92 Å². The largest absolute Gasteiger partial charge is 0.481 e. The Morgan fingerprint density at radius 1 is 1.20 bits per heavy atom. The van der Waals surface area contributed by atoms with Crippen LogP contribution in [0.1, 0.15) is 52.4 Å². The summed E-state index contributed by atoms with van der Waals surface area (Å²) in [6.07, 6.45) is 7.41. The normalized spacial score (nSPS) is 12.7. The van der Waals surface area contributed by atoms with Gasteiger partial charge in [0.2, 0.25) is 0 Å². The van der Waals surface area contributed by atoms with Gasteiger partial charge in [0.1, 0.15) is 0 Å². The third-order valence-electron chi connectivity index (χ3n) is 2.43. The fraction of sp³-hybridized carbons (Fsp3) is 0.917. The van der Waals surface area contributed by atoms with Gasteiger partial charge in [0.15, 0.2) is 0 Å². The van der Waals surface area contributed by atoms with Crippen molar-refractivity contribution in [1.82, 2.24) is 0 Å². The van der Waals surface area contributed by atoms with Crippen LogP contribution in [0.3, 0.4) is 0 Å². The number of unbranched alkanes of at least 4 members (excludes halogenated alkanes) is 5. The molecule has 3 nitrogen and oxygen atoms in total. The van der Waals surface area contributed by atoms with Gasteiger partial charge in [0.25, 0.3) is 0 Å². The van der Waals surface area contributed by atoms with Gasteiger partial charge in [-0.05, 0) is 13.3 Å².